The van der Waals surface area contributed by atoms with Crippen molar-refractivity contribution in [2.24, 2.45) is 0 Å². The van der Waals surface area contributed by atoms with Gasteiger partial charge in [-0.1, -0.05) is 29.8 Å². The van der Waals surface area contributed by atoms with E-state index in [4.69, 9.17) is 21.1 Å². The van der Waals surface area contributed by atoms with E-state index in [0.29, 0.717) is 37.9 Å². The molecule has 128 valence electrons. The lowest BCUT2D eigenvalue weighted by Gasteiger charge is -2.35. The van der Waals surface area contributed by atoms with Gasteiger partial charge in [0.2, 0.25) is 0 Å². The number of rotatable bonds is 7. The Morgan fingerprint density at radius 1 is 1.35 bits per heavy atom. The molecular weight excluding hydrogens is 318 g/mol. The van der Waals surface area contributed by atoms with Crippen LogP contribution in [0, 0.1) is 0 Å². The van der Waals surface area contributed by atoms with Gasteiger partial charge in [-0.2, -0.15) is 0 Å². The SMILES string of the molecule is COCCNC(=O)NCC(c1ccccc1Cl)N1CCOCC1. The molecule has 1 aliphatic heterocycles. The highest BCUT2D eigenvalue weighted by Gasteiger charge is 2.24. The van der Waals surface area contributed by atoms with Crippen molar-refractivity contribution in [3.63, 3.8) is 0 Å². The third kappa shape index (κ3) is 5.66. The summed E-state index contributed by atoms with van der Waals surface area (Å²) in [5.41, 5.74) is 1.02. The molecule has 1 saturated heterocycles. The van der Waals surface area contributed by atoms with Crippen molar-refractivity contribution in [1.82, 2.24) is 15.5 Å². The van der Waals surface area contributed by atoms with Crippen LogP contribution >= 0.6 is 11.6 Å². The van der Waals surface area contributed by atoms with Crippen LogP contribution in [0.1, 0.15) is 11.6 Å². The van der Waals surface area contributed by atoms with E-state index in [9.17, 15) is 4.79 Å². The summed E-state index contributed by atoms with van der Waals surface area (Å²) in [6.07, 6.45) is 0. The van der Waals surface area contributed by atoms with Gasteiger partial charge in [-0.25, -0.2) is 4.79 Å². The first-order chi connectivity index (χ1) is 11.2. The molecule has 1 atom stereocenters. The summed E-state index contributed by atoms with van der Waals surface area (Å²) in [6, 6.07) is 7.59. The highest BCUT2D eigenvalue weighted by Crippen LogP contribution is 2.27. The minimum absolute atomic E-state index is 0.0285. The number of nitrogens with one attached hydrogen (secondary N) is 2. The Labute approximate surface area is 142 Å². The summed E-state index contributed by atoms with van der Waals surface area (Å²) in [5.74, 6) is 0. The predicted molar refractivity (Wildman–Crippen MR) is 89.9 cm³/mol. The molecule has 0 aliphatic carbocycles. The third-order valence-corrected chi connectivity index (χ3v) is 4.14. The summed E-state index contributed by atoms with van der Waals surface area (Å²) < 4.78 is 10.3. The van der Waals surface area contributed by atoms with Crippen LogP contribution in [-0.2, 0) is 9.47 Å². The van der Waals surface area contributed by atoms with E-state index < -0.39 is 0 Å². The number of hydrogen-bond acceptors (Lipinski definition) is 4. The molecule has 1 aliphatic rings. The van der Waals surface area contributed by atoms with E-state index in [1.807, 2.05) is 24.3 Å². The van der Waals surface area contributed by atoms with E-state index >= 15 is 0 Å². The van der Waals surface area contributed by atoms with Gasteiger partial charge >= 0.3 is 6.03 Å². The normalized spacial score (nSPS) is 16.8. The molecule has 1 fully saturated rings. The second kappa shape index (κ2) is 9.72. The number of halogens is 1. The summed E-state index contributed by atoms with van der Waals surface area (Å²) >= 11 is 6.35. The maximum absolute atomic E-state index is 11.9. The van der Waals surface area contributed by atoms with E-state index in [-0.39, 0.29) is 12.1 Å². The number of amides is 2. The van der Waals surface area contributed by atoms with Gasteiger partial charge in [-0.05, 0) is 11.6 Å². The minimum atomic E-state index is -0.202. The number of methoxy groups -OCH3 is 1. The molecule has 0 saturated carbocycles. The second-order valence-corrected chi connectivity index (χ2v) is 5.72. The Hall–Kier alpha value is -1.34. The van der Waals surface area contributed by atoms with Gasteiger partial charge in [-0.3, -0.25) is 4.90 Å². The molecule has 23 heavy (non-hydrogen) atoms. The molecule has 0 radical (unpaired) electrons. The number of benzene rings is 1. The van der Waals surface area contributed by atoms with Crippen LogP contribution in [0.5, 0.6) is 0 Å². The zero-order valence-corrected chi connectivity index (χ0v) is 14.1. The Balaban J connectivity index is 1.99. The largest absolute Gasteiger partial charge is 0.383 e. The summed E-state index contributed by atoms with van der Waals surface area (Å²) in [6.45, 7) is 4.50. The topological polar surface area (TPSA) is 62.8 Å². The molecule has 2 amide bonds. The second-order valence-electron chi connectivity index (χ2n) is 5.32. The Morgan fingerprint density at radius 3 is 2.78 bits per heavy atom. The molecule has 0 aromatic heterocycles. The fourth-order valence-corrected chi connectivity index (χ4v) is 2.85. The monoisotopic (exact) mass is 341 g/mol. The van der Waals surface area contributed by atoms with Crippen molar-refractivity contribution in [2.75, 3.05) is 53.1 Å². The molecule has 2 rings (SSSR count). The van der Waals surface area contributed by atoms with Crippen LogP contribution in [0.2, 0.25) is 5.02 Å². The number of morpholine rings is 1. The van der Waals surface area contributed by atoms with Crippen LogP contribution in [-0.4, -0.2) is 64.0 Å². The number of urea groups is 1. The number of hydrogen-bond donors (Lipinski definition) is 2. The number of nitrogens with zero attached hydrogens (tertiary/aromatic N) is 1. The lowest BCUT2D eigenvalue weighted by atomic mass is 10.0. The third-order valence-electron chi connectivity index (χ3n) is 3.80. The van der Waals surface area contributed by atoms with Crippen molar-refractivity contribution in [3.8, 4) is 0 Å². The quantitative estimate of drug-likeness (QED) is 0.740. The fraction of sp³-hybridized carbons (Fsp3) is 0.562. The van der Waals surface area contributed by atoms with Crippen LogP contribution in [0.4, 0.5) is 4.79 Å². The Kier molecular flexibility index (Phi) is 7.61. The molecule has 6 nitrogen and oxygen atoms in total. The molecule has 1 heterocycles. The first-order valence-corrected chi connectivity index (χ1v) is 8.17. The van der Waals surface area contributed by atoms with Crippen molar-refractivity contribution in [1.29, 1.82) is 0 Å². The highest BCUT2D eigenvalue weighted by atomic mass is 35.5. The minimum Gasteiger partial charge on any atom is -0.383 e. The standard InChI is InChI=1S/C16H24ClN3O3/c1-22-9-6-18-16(21)19-12-15(20-7-10-23-11-8-20)13-4-2-3-5-14(13)17/h2-5,15H,6-12H2,1H3,(H2,18,19,21). The molecule has 0 bridgehead atoms. The first-order valence-electron chi connectivity index (χ1n) is 7.79. The number of ether oxygens (including phenoxy) is 2. The van der Waals surface area contributed by atoms with E-state index in [2.05, 4.69) is 15.5 Å². The molecule has 1 aromatic carbocycles. The summed E-state index contributed by atoms with van der Waals surface area (Å²) in [5, 5.41) is 6.39. The smallest absolute Gasteiger partial charge is 0.314 e. The van der Waals surface area contributed by atoms with Gasteiger partial charge in [-0.15, -0.1) is 0 Å². The van der Waals surface area contributed by atoms with Gasteiger partial charge in [0.15, 0.2) is 0 Å². The first kappa shape index (κ1) is 18.0. The highest BCUT2D eigenvalue weighted by molar-refractivity contribution is 6.31. The number of carbonyl (C=O) groups is 1. The zero-order chi connectivity index (χ0) is 16.5. The molecule has 2 N–H and O–H groups in total. The lowest BCUT2D eigenvalue weighted by Crippen LogP contribution is -2.46. The summed E-state index contributed by atoms with van der Waals surface area (Å²) in [4.78, 5) is 14.2. The van der Waals surface area contributed by atoms with Crippen molar-refractivity contribution < 1.29 is 14.3 Å². The maximum atomic E-state index is 11.9. The Morgan fingerprint density at radius 2 is 2.09 bits per heavy atom. The van der Waals surface area contributed by atoms with Gasteiger partial charge < -0.3 is 20.1 Å². The lowest BCUT2D eigenvalue weighted by molar-refractivity contribution is 0.0167. The molecular formula is C16H24ClN3O3. The van der Waals surface area contributed by atoms with Gasteiger partial charge in [0.05, 0.1) is 25.9 Å². The average molecular weight is 342 g/mol. The fourth-order valence-electron chi connectivity index (χ4n) is 2.59. The summed E-state index contributed by atoms with van der Waals surface area (Å²) in [7, 11) is 1.60. The van der Waals surface area contributed by atoms with Gasteiger partial charge in [0.25, 0.3) is 0 Å². The molecule has 7 heteroatoms. The van der Waals surface area contributed by atoms with Crippen molar-refractivity contribution >= 4 is 17.6 Å². The molecule has 0 spiro atoms. The molecule has 1 aromatic rings. The molecule has 1 unspecified atom stereocenters. The van der Waals surface area contributed by atoms with Gasteiger partial charge in [0, 0.05) is 38.3 Å². The van der Waals surface area contributed by atoms with E-state index in [1.54, 1.807) is 7.11 Å². The number of carbonyl (C=O) groups excluding carboxylic acids is 1. The van der Waals surface area contributed by atoms with Crippen LogP contribution < -0.4 is 10.6 Å². The predicted octanol–water partition coefficient (Wildman–Crippen LogP) is 1.66. The maximum Gasteiger partial charge on any atom is 0.314 e. The van der Waals surface area contributed by atoms with Crippen molar-refractivity contribution in [3.05, 3.63) is 34.9 Å². The van der Waals surface area contributed by atoms with E-state index in [1.165, 1.54) is 0 Å². The zero-order valence-electron chi connectivity index (χ0n) is 13.4. The Bertz CT molecular complexity index is 495. The van der Waals surface area contributed by atoms with Gasteiger partial charge in [0.1, 0.15) is 0 Å². The van der Waals surface area contributed by atoms with Crippen LogP contribution in [0.15, 0.2) is 24.3 Å². The average Bonchev–Trinajstić information content (AvgIpc) is 2.58. The van der Waals surface area contributed by atoms with Crippen LogP contribution in [0.25, 0.3) is 0 Å². The van der Waals surface area contributed by atoms with Crippen molar-refractivity contribution in [2.45, 2.75) is 6.04 Å². The van der Waals surface area contributed by atoms with E-state index in [0.717, 1.165) is 18.7 Å². The van der Waals surface area contributed by atoms with Crippen LogP contribution in [0.3, 0.4) is 0 Å².